The second-order valence-electron chi connectivity index (χ2n) is 6.72. The van der Waals surface area contributed by atoms with E-state index in [1.807, 2.05) is 62.0 Å². The minimum Gasteiger partial charge on any atom is -0.464 e. The molecule has 0 atom stereocenters. The van der Waals surface area contributed by atoms with E-state index in [-0.39, 0.29) is 6.61 Å². The fourth-order valence-corrected chi connectivity index (χ4v) is 3.39. The lowest BCUT2D eigenvalue weighted by Crippen LogP contribution is -2.17. The Kier molecular flexibility index (Phi) is 4.41. The van der Waals surface area contributed by atoms with Crippen LogP contribution in [-0.2, 0) is 20.2 Å². The molecule has 4 aromatic rings. The van der Waals surface area contributed by atoms with Crippen molar-refractivity contribution in [2.45, 2.75) is 20.1 Å². The van der Waals surface area contributed by atoms with Crippen LogP contribution in [0.25, 0.3) is 22.2 Å². The lowest BCUT2D eigenvalue weighted by Gasteiger charge is -2.19. The van der Waals surface area contributed by atoms with Gasteiger partial charge in [-0.3, -0.25) is 0 Å². The first-order chi connectivity index (χ1) is 13.1. The highest BCUT2D eigenvalue weighted by atomic mass is 16.3. The molecule has 1 aromatic carbocycles. The first-order valence-electron chi connectivity index (χ1n) is 8.84. The van der Waals surface area contributed by atoms with Crippen molar-refractivity contribution in [3.8, 4) is 11.3 Å². The first-order valence-corrected chi connectivity index (χ1v) is 8.84. The van der Waals surface area contributed by atoms with Gasteiger partial charge in [-0.1, -0.05) is 6.07 Å². The fraction of sp³-hybridized carbons (Fsp3) is 0.238. The molecule has 0 radical (unpaired) electrons. The number of rotatable bonds is 5. The summed E-state index contributed by atoms with van der Waals surface area (Å²) >= 11 is 0. The molecule has 6 heteroatoms. The molecule has 1 N–H and O–H groups in total. The summed E-state index contributed by atoms with van der Waals surface area (Å²) in [6, 6.07) is 14.1. The van der Waals surface area contributed by atoms with Gasteiger partial charge in [-0.15, -0.1) is 0 Å². The van der Waals surface area contributed by atoms with E-state index in [9.17, 15) is 5.11 Å². The third-order valence-corrected chi connectivity index (χ3v) is 4.85. The van der Waals surface area contributed by atoms with Gasteiger partial charge in [0.25, 0.3) is 0 Å². The molecule has 3 aromatic heterocycles. The van der Waals surface area contributed by atoms with Crippen molar-refractivity contribution in [3.05, 3.63) is 66.0 Å². The lowest BCUT2D eigenvalue weighted by atomic mass is 10.1. The molecule has 0 saturated heterocycles. The smallest absolute Gasteiger partial charge is 0.140 e. The average molecular weight is 362 g/mol. The zero-order valence-electron chi connectivity index (χ0n) is 15.7. The Morgan fingerprint density at radius 3 is 2.67 bits per heavy atom. The number of aliphatic hydroxyl groups excluding tert-OH is 1. The van der Waals surface area contributed by atoms with Crippen LogP contribution in [0.1, 0.15) is 17.2 Å². The van der Waals surface area contributed by atoms with E-state index in [1.165, 1.54) is 0 Å². The topological polar surface area (TPSA) is 67.3 Å². The SMILES string of the molecule is Cc1ccc(CN(C)c2ncnc3ccc(-c4ccc(CO)n4C)cc23)o1. The highest BCUT2D eigenvalue weighted by Crippen LogP contribution is 2.29. The Labute approximate surface area is 157 Å². The number of anilines is 1. The number of hydrogen-bond donors (Lipinski definition) is 1. The molecule has 0 aliphatic carbocycles. The number of fused-ring (bicyclic) bond motifs is 1. The van der Waals surface area contributed by atoms with Crippen molar-refractivity contribution in [3.63, 3.8) is 0 Å². The van der Waals surface area contributed by atoms with Gasteiger partial charge in [0.15, 0.2) is 0 Å². The van der Waals surface area contributed by atoms with Crippen LogP contribution in [0.2, 0.25) is 0 Å². The summed E-state index contributed by atoms with van der Waals surface area (Å²) in [6.45, 7) is 2.59. The Balaban J connectivity index is 1.76. The van der Waals surface area contributed by atoms with Crippen molar-refractivity contribution >= 4 is 16.7 Å². The maximum absolute atomic E-state index is 9.45. The predicted molar refractivity (Wildman–Crippen MR) is 105 cm³/mol. The van der Waals surface area contributed by atoms with Gasteiger partial charge in [-0.05, 0) is 48.9 Å². The Morgan fingerprint density at radius 2 is 1.96 bits per heavy atom. The maximum atomic E-state index is 9.45. The van der Waals surface area contributed by atoms with Crippen molar-refractivity contribution in [1.82, 2.24) is 14.5 Å². The normalized spacial score (nSPS) is 11.3. The van der Waals surface area contributed by atoms with Gasteiger partial charge in [0, 0.05) is 30.9 Å². The van der Waals surface area contributed by atoms with Crippen LogP contribution in [0.4, 0.5) is 5.82 Å². The van der Waals surface area contributed by atoms with Gasteiger partial charge >= 0.3 is 0 Å². The van der Waals surface area contributed by atoms with Gasteiger partial charge in [0.05, 0.1) is 18.7 Å². The maximum Gasteiger partial charge on any atom is 0.140 e. The van der Waals surface area contributed by atoms with Crippen LogP contribution >= 0.6 is 0 Å². The van der Waals surface area contributed by atoms with E-state index in [0.29, 0.717) is 6.54 Å². The molecule has 138 valence electrons. The van der Waals surface area contributed by atoms with E-state index in [1.54, 1.807) is 6.33 Å². The van der Waals surface area contributed by atoms with Crippen LogP contribution in [0.5, 0.6) is 0 Å². The molecule has 0 bridgehead atoms. The molecule has 0 fully saturated rings. The molecule has 27 heavy (non-hydrogen) atoms. The Hall–Kier alpha value is -3.12. The standard InChI is InChI=1S/C21H22N4O2/c1-14-4-7-17(27-14)11-24(2)21-18-10-15(5-8-19(18)22-13-23-21)20-9-6-16(12-26)25(20)3/h4-10,13,26H,11-12H2,1-3H3. The van der Waals surface area contributed by atoms with Gasteiger partial charge < -0.3 is 19.0 Å². The zero-order valence-corrected chi connectivity index (χ0v) is 15.7. The summed E-state index contributed by atoms with van der Waals surface area (Å²) in [7, 11) is 3.96. The monoisotopic (exact) mass is 362 g/mol. The fourth-order valence-electron chi connectivity index (χ4n) is 3.39. The molecule has 0 saturated carbocycles. The molecule has 3 heterocycles. The third-order valence-electron chi connectivity index (χ3n) is 4.85. The molecule has 0 aliphatic heterocycles. The Bertz CT molecular complexity index is 1100. The number of aliphatic hydroxyl groups is 1. The van der Waals surface area contributed by atoms with Crippen molar-refractivity contribution in [2.24, 2.45) is 7.05 Å². The lowest BCUT2D eigenvalue weighted by molar-refractivity contribution is 0.273. The second kappa shape index (κ2) is 6.89. The van der Waals surface area contributed by atoms with E-state index < -0.39 is 0 Å². The number of nitrogens with zero attached hydrogens (tertiary/aromatic N) is 4. The summed E-state index contributed by atoms with van der Waals surface area (Å²) in [5.74, 6) is 2.65. The molecule has 0 unspecified atom stereocenters. The highest BCUT2D eigenvalue weighted by molar-refractivity contribution is 5.92. The van der Waals surface area contributed by atoms with Crippen molar-refractivity contribution < 1.29 is 9.52 Å². The van der Waals surface area contributed by atoms with Crippen molar-refractivity contribution in [1.29, 1.82) is 0 Å². The Morgan fingerprint density at radius 1 is 1.11 bits per heavy atom. The van der Waals surface area contributed by atoms with Crippen LogP contribution in [-0.4, -0.2) is 26.7 Å². The summed E-state index contributed by atoms with van der Waals surface area (Å²) in [5, 5.41) is 10.4. The summed E-state index contributed by atoms with van der Waals surface area (Å²) in [6.07, 6.45) is 1.59. The molecule has 6 nitrogen and oxygen atoms in total. The van der Waals surface area contributed by atoms with Gasteiger partial charge in [-0.25, -0.2) is 9.97 Å². The third kappa shape index (κ3) is 3.19. The number of aromatic nitrogens is 3. The molecular weight excluding hydrogens is 340 g/mol. The number of benzene rings is 1. The van der Waals surface area contributed by atoms with E-state index in [2.05, 4.69) is 20.9 Å². The first kappa shape index (κ1) is 17.3. The largest absolute Gasteiger partial charge is 0.464 e. The highest BCUT2D eigenvalue weighted by Gasteiger charge is 2.13. The van der Waals surface area contributed by atoms with Crippen LogP contribution in [0, 0.1) is 6.92 Å². The second-order valence-corrected chi connectivity index (χ2v) is 6.72. The minimum atomic E-state index is 0.0176. The minimum absolute atomic E-state index is 0.0176. The molecular formula is C21H22N4O2. The van der Waals surface area contributed by atoms with E-state index in [4.69, 9.17) is 4.42 Å². The van der Waals surface area contributed by atoms with Crippen LogP contribution in [0.15, 0.2) is 53.2 Å². The predicted octanol–water partition coefficient (Wildman–Crippen LogP) is 3.67. The molecule has 0 aliphatic rings. The molecule has 4 rings (SSSR count). The zero-order chi connectivity index (χ0) is 19.0. The number of furan rings is 1. The van der Waals surface area contributed by atoms with Gasteiger partial charge in [0.2, 0.25) is 0 Å². The molecule has 0 spiro atoms. The van der Waals surface area contributed by atoms with Crippen molar-refractivity contribution in [2.75, 3.05) is 11.9 Å². The van der Waals surface area contributed by atoms with Gasteiger partial charge in [-0.2, -0.15) is 0 Å². The van der Waals surface area contributed by atoms with Crippen LogP contribution < -0.4 is 4.90 Å². The quantitative estimate of drug-likeness (QED) is 0.587. The summed E-state index contributed by atoms with van der Waals surface area (Å²) < 4.78 is 7.70. The number of aryl methyl sites for hydroxylation is 1. The van der Waals surface area contributed by atoms with Gasteiger partial charge in [0.1, 0.15) is 23.7 Å². The van der Waals surface area contributed by atoms with Crippen LogP contribution in [0.3, 0.4) is 0 Å². The van der Waals surface area contributed by atoms with E-state index >= 15 is 0 Å². The summed E-state index contributed by atoms with van der Waals surface area (Å²) in [4.78, 5) is 11.0. The van der Waals surface area contributed by atoms with E-state index in [0.717, 1.165) is 45.2 Å². The summed E-state index contributed by atoms with van der Waals surface area (Å²) in [5.41, 5.74) is 3.87. The average Bonchev–Trinajstić information content (AvgIpc) is 3.25. The number of hydrogen-bond acceptors (Lipinski definition) is 5. The molecule has 0 amide bonds.